The molecule has 1 aliphatic rings. The van der Waals surface area contributed by atoms with Crippen LogP contribution in [0.3, 0.4) is 0 Å². The van der Waals surface area contributed by atoms with Crippen molar-refractivity contribution < 1.29 is 19.1 Å². The third-order valence-corrected chi connectivity index (χ3v) is 5.01. The molecule has 0 saturated carbocycles. The van der Waals surface area contributed by atoms with Gasteiger partial charge >= 0.3 is 5.97 Å². The van der Waals surface area contributed by atoms with Crippen molar-refractivity contribution in [2.45, 2.75) is 38.0 Å². The van der Waals surface area contributed by atoms with E-state index < -0.39 is 18.2 Å². The number of methoxy groups -OCH3 is 1. The maximum atomic E-state index is 12.3. The van der Waals surface area contributed by atoms with Gasteiger partial charge in [-0.2, -0.15) is 0 Å². The second-order valence-corrected chi connectivity index (χ2v) is 6.65. The lowest BCUT2D eigenvalue weighted by molar-refractivity contribution is -0.155. The first-order valence-corrected chi connectivity index (χ1v) is 8.86. The van der Waals surface area contributed by atoms with Crippen LogP contribution in [-0.4, -0.2) is 41.2 Å². The second-order valence-electron chi connectivity index (χ2n) is 5.76. The number of nitrogens with one attached hydrogen (secondary N) is 1. The van der Waals surface area contributed by atoms with Gasteiger partial charge in [0.25, 0.3) is 0 Å². The average molecular weight is 361 g/mol. The van der Waals surface area contributed by atoms with E-state index in [9.17, 15) is 9.59 Å². The monoisotopic (exact) mass is 361 g/mol. The van der Waals surface area contributed by atoms with Gasteiger partial charge in [0, 0.05) is 23.3 Å². The number of esters is 1. The summed E-state index contributed by atoms with van der Waals surface area (Å²) in [5.74, 6) is -0.679. The van der Waals surface area contributed by atoms with Crippen LogP contribution in [0, 0.1) is 0 Å². The van der Waals surface area contributed by atoms with Crippen molar-refractivity contribution in [2.75, 3.05) is 7.11 Å². The molecule has 3 atom stereocenters. The zero-order valence-electron chi connectivity index (χ0n) is 14.0. The van der Waals surface area contributed by atoms with Crippen LogP contribution in [0.5, 0.6) is 0 Å². The van der Waals surface area contributed by atoms with Gasteiger partial charge in [-0.05, 0) is 31.9 Å². The van der Waals surface area contributed by atoms with E-state index >= 15 is 0 Å². The standard InChI is InChI=1S/C17H19N3O4S/c1-10(16-20-12(9-25-16)11-4-3-7-18-8-11)19-15(21)13-5-6-14(24-13)17(22)23-2/h3-4,7-10,13-14H,5-6H2,1-2H3,(H,19,21)/t10-,13-,14+/m1/s1. The van der Waals surface area contributed by atoms with Gasteiger partial charge in [0.15, 0.2) is 6.10 Å². The Labute approximate surface area is 149 Å². The van der Waals surface area contributed by atoms with E-state index in [2.05, 4.69) is 20.0 Å². The van der Waals surface area contributed by atoms with Gasteiger partial charge in [-0.3, -0.25) is 9.78 Å². The average Bonchev–Trinajstić information content (AvgIpc) is 3.31. The van der Waals surface area contributed by atoms with Gasteiger partial charge in [-0.25, -0.2) is 9.78 Å². The SMILES string of the molecule is COC(=O)[C@@H]1CC[C@H](C(=O)N[C@H](C)c2nc(-c3cccnc3)cs2)O1. The maximum Gasteiger partial charge on any atom is 0.335 e. The van der Waals surface area contributed by atoms with Crippen LogP contribution in [0.15, 0.2) is 29.9 Å². The first-order chi connectivity index (χ1) is 12.1. The molecule has 7 nitrogen and oxygen atoms in total. The van der Waals surface area contributed by atoms with Crippen LogP contribution in [-0.2, 0) is 19.1 Å². The topological polar surface area (TPSA) is 90.4 Å². The summed E-state index contributed by atoms with van der Waals surface area (Å²) in [5.41, 5.74) is 1.76. The first kappa shape index (κ1) is 17.5. The minimum atomic E-state index is -0.659. The second kappa shape index (κ2) is 7.71. The quantitative estimate of drug-likeness (QED) is 0.820. The number of aromatic nitrogens is 2. The van der Waals surface area contributed by atoms with Crippen molar-refractivity contribution in [2.24, 2.45) is 0 Å². The number of ether oxygens (including phenoxy) is 2. The molecule has 1 saturated heterocycles. The molecule has 1 fully saturated rings. The van der Waals surface area contributed by atoms with E-state index in [4.69, 9.17) is 4.74 Å². The summed E-state index contributed by atoms with van der Waals surface area (Å²) in [4.78, 5) is 32.5. The fourth-order valence-electron chi connectivity index (χ4n) is 2.64. The number of hydrogen-bond acceptors (Lipinski definition) is 7. The molecular weight excluding hydrogens is 342 g/mol. The van der Waals surface area contributed by atoms with Crippen LogP contribution >= 0.6 is 11.3 Å². The fraction of sp³-hybridized carbons (Fsp3) is 0.412. The van der Waals surface area contributed by atoms with Crippen molar-refractivity contribution >= 4 is 23.2 Å². The van der Waals surface area contributed by atoms with Crippen molar-refractivity contribution in [3.63, 3.8) is 0 Å². The highest BCUT2D eigenvalue weighted by Gasteiger charge is 2.36. The number of pyridine rings is 1. The van der Waals surface area contributed by atoms with E-state index in [0.29, 0.717) is 12.8 Å². The van der Waals surface area contributed by atoms with E-state index in [1.807, 2.05) is 24.4 Å². The number of carbonyl (C=O) groups is 2. The van der Waals surface area contributed by atoms with Gasteiger partial charge in [-0.1, -0.05) is 0 Å². The minimum absolute atomic E-state index is 0.239. The molecule has 2 aromatic heterocycles. The first-order valence-electron chi connectivity index (χ1n) is 7.98. The molecule has 0 aliphatic carbocycles. The predicted octanol–water partition coefficient (Wildman–Crippen LogP) is 2.10. The molecule has 1 N–H and O–H groups in total. The molecule has 2 aromatic rings. The summed E-state index contributed by atoms with van der Waals surface area (Å²) >= 11 is 1.48. The zero-order valence-corrected chi connectivity index (χ0v) is 14.8. The van der Waals surface area contributed by atoms with Crippen LogP contribution in [0.1, 0.15) is 30.8 Å². The summed E-state index contributed by atoms with van der Waals surface area (Å²) in [5, 5.41) is 5.64. The highest BCUT2D eigenvalue weighted by Crippen LogP contribution is 2.26. The molecule has 25 heavy (non-hydrogen) atoms. The van der Waals surface area contributed by atoms with Gasteiger partial charge in [0.1, 0.15) is 11.1 Å². The number of nitrogens with zero attached hydrogens (tertiary/aromatic N) is 2. The van der Waals surface area contributed by atoms with Gasteiger partial charge in [-0.15, -0.1) is 11.3 Å². The molecule has 3 heterocycles. The number of hydrogen-bond donors (Lipinski definition) is 1. The van der Waals surface area contributed by atoms with Crippen molar-refractivity contribution in [3.05, 3.63) is 34.9 Å². The van der Waals surface area contributed by atoms with Crippen LogP contribution in [0.25, 0.3) is 11.3 Å². The molecule has 0 unspecified atom stereocenters. The van der Waals surface area contributed by atoms with Crippen LogP contribution in [0.2, 0.25) is 0 Å². The molecule has 3 rings (SSSR count). The summed E-state index contributed by atoms with van der Waals surface area (Å²) in [6.07, 6.45) is 3.15. The third-order valence-electron chi connectivity index (χ3n) is 3.98. The predicted molar refractivity (Wildman–Crippen MR) is 91.8 cm³/mol. The van der Waals surface area contributed by atoms with Crippen molar-refractivity contribution in [1.29, 1.82) is 0 Å². The molecule has 8 heteroatoms. The lowest BCUT2D eigenvalue weighted by Crippen LogP contribution is -2.37. The van der Waals surface area contributed by atoms with E-state index in [1.54, 1.807) is 12.4 Å². The third kappa shape index (κ3) is 4.02. The Morgan fingerprint density at radius 3 is 2.92 bits per heavy atom. The van der Waals surface area contributed by atoms with Gasteiger partial charge < -0.3 is 14.8 Å². The largest absolute Gasteiger partial charge is 0.467 e. The Morgan fingerprint density at radius 2 is 2.20 bits per heavy atom. The maximum absolute atomic E-state index is 12.3. The number of rotatable bonds is 5. The molecular formula is C17H19N3O4S. The van der Waals surface area contributed by atoms with Gasteiger partial charge in [0.05, 0.1) is 18.8 Å². The molecule has 132 valence electrons. The van der Waals surface area contributed by atoms with Crippen LogP contribution < -0.4 is 5.32 Å². The number of thiazole rings is 1. The number of amides is 1. The Morgan fingerprint density at radius 1 is 1.40 bits per heavy atom. The summed E-state index contributed by atoms with van der Waals surface area (Å²) in [7, 11) is 1.31. The van der Waals surface area contributed by atoms with Crippen molar-refractivity contribution in [3.8, 4) is 11.3 Å². The molecule has 0 radical (unpaired) electrons. The normalized spacial score (nSPS) is 20.9. The minimum Gasteiger partial charge on any atom is -0.467 e. The Hall–Kier alpha value is -2.32. The lowest BCUT2D eigenvalue weighted by atomic mass is 10.2. The number of carbonyl (C=O) groups excluding carboxylic acids is 2. The summed E-state index contributed by atoms with van der Waals surface area (Å²) in [6.45, 7) is 1.87. The van der Waals surface area contributed by atoms with E-state index in [-0.39, 0.29) is 11.9 Å². The highest BCUT2D eigenvalue weighted by atomic mass is 32.1. The Balaban J connectivity index is 1.59. The van der Waals surface area contributed by atoms with Crippen LogP contribution in [0.4, 0.5) is 0 Å². The Kier molecular flexibility index (Phi) is 5.40. The fourth-order valence-corrected chi connectivity index (χ4v) is 3.47. The summed E-state index contributed by atoms with van der Waals surface area (Å²) < 4.78 is 10.1. The lowest BCUT2D eigenvalue weighted by Gasteiger charge is -2.16. The van der Waals surface area contributed by atoms with E-state index in [0.717, 1.165) is 16.3 Å². The summed E-state index contributed by atoms with van der Waals surface area (Å²) in [6, 6.07) is 3.55. The molecule has 1 aliphatic heterocycles. The highest BCUT2D eigenvalue weighted by molar-refractivity contribution is 7.10. The van der Waals surface area contributed by atoms with Gasteiger partial charge in [0.2, 0.25) is 5.91 Å². The smallest absolute Gasteiger partial charge is 0.335 e. The molecule has 1 amide bonds. The molecule has 0 aromatic carbocycles. The van der Waals surface area contributed by atoms with Crippen molar-refractivity contribution in [1.82, 2.24) is 15.3 Å². The molecule has 0 spiro atoms. The Bertz CT molecular complexity index is 749. The zero-order chi connectivity index (χ0) is 17.8. The van der Waals surface area contributed by atoms with E-state index in [1.165, 1.54) is 18.4 Å². The molecule has 0 bridgehead atoms.